The maximum Gasteiger partial charge on any atom is 0.433 e. The first kappa shape index (κ1) is 18.5. The fourth-order valence-corrected chi connectivity index (χ4v) is 2.38. The number of benzene rings is 1. The summed E-state index contributed by atoms with van der Waals surface area (Å²) in [5, 5.41) is 6.80. The second kappa shape index (κ2) is 6.82. The van der Waals surface area contributed by atoms with Gasteiger partial charge in [0.1, 0.15) is 17.5 Å². The van der Waals surface area contributed by atoms with Gasteiger partial charge in [0.05, 0.1) is 5.69 Å². The van der Waals surface area contributed by atoms with Crippen molar-refractivity contribution in [3.05, 3.63) is 69.3 Å². The Morgan fingerprint density at radius 3 is 2.41 bits per heavy atom. The molecule has 11 heteroatoms. The third-order valence-corrected chi connectivity index (χ3v) is 3.45. The van der Waals surface area contributed by atoms with Crippen molar-refractivity contribution in [2.75, 3.05) is 5.32 Å². The van der Waals surface area contributed by atoms with Gasteiger partial charge in [-0.25, -0.2) is 13.8 Å². The Hall–Kier alpha value is -3.24. The lowest BCUT2D eigenvalue weighted by atomic mass is 10.2. The first-order valence-corrected chi connectivity index (χ1v) is 7.56. The van der Waals surface area contributed by atoms with Crippen LogP contribution < -0.4 is 10.9 Å². The van der Waals surface area contributed by atoms with Crippen LogP contribution in [0.3, 0.4) is 0 Å². The minimum Gasteiger partial charge on any atom is -0.366 e. The summed E-state index contributed by atoms with van der Waals surface area (Å²) in [6.07, 6.45) is -4.81. The number of nitrogens with one attached hydrogen (secondary N) is 2. The standard InChI is InChI=1S/C16H12F5N5O/c1-8-2-13(22-7-9-3-10(17)5-11(18)4-9)26(25-8)15-23-12(16(19,20)21)6-14(27)24-15/h2-6,22H,7H2,1H3,(H,23,24,27). The normalized spacial score (nSPS) is 11.6. The van der Waals surface area contributed by atoms with Gasteiger partial charge in [0.2, 0.25) is 5.95 Å². The Kier molecular flexibility index (Phi) is 4.68. The molecule has 3 rings (SSSR count). The topological polar surface area (TPSA) is 75.6 Å². The van der Waals surface area contributed by atoms with Gasteiger partial charge in [-0.3, -0.25) is 9.78 Å². The van der Waals surface area contributed by atoms with Gasteiger partial charge in [-0.2, -0.15) is 23.0 Å². The monoisotopic (exact) mass is 385 g/mol. The minimum absolute atomic E-state index is 0.0387. The van der Waals surface area contributed by atoms with E-state index in [1.165, 1.54) is 6.07 Å². The van der Waals surface area contributed by atoms with Crippen molar-refractivity contribution < 1.29 is 22.0 Å². The molecule has 0 saturated carbocycles. The Morgan fingerprint density at radius 2 is 1.78 bits per heavy atom. The number of halogens is 5. The smallest absolute Gasteiger partial charge is 0.366 e. The predicted molar refractivity (Wildman–Crippen MR) is 85.4 cm³/mol. The van der Waals surface area contributed by atoms with E-state index < -0.39 is 35.0 Å². The molecule has 2 aromatic heterocycles. The Labute approximate surface area is 148 Å². The number of anilines is 1. The van der Waals surface area contributed by atoms with E-state index in [-0.39, 0.29) is 17.9 Å². The lowest BCUT2D eigenvalue weighted by Gasteiger charge is -2.11. The molecule has 2 heterocycles. The van der Waals surface area contributed by atoms with Crippen LogP contribution in [0.1, 0.15) is 17.0 Å². The summed E-state index contributed by atoms with van der Waals surface area (Å²) in [5.41, 5.74) is -1.68. The molecule has 3 aromatic rings. The molecule has 0 unspecified atom stereocenters. The highest BCUT2D eigenvalue weighted by atomic mass is 19.4. The molecule has 0 saturated heterocycles. The Morgan fingerprint density at radius 1 is 1.11 bits per heavy atom. The maximum absolute atomic E-state index is 13.3. The van der Waals surface area contributed by atoms with Gasteiger partial charge in [0, 0.05) is 24.7 Å². The summed E-state index contributed by atoms with van der Waals surface area (Å²) in [5.74, 6) is -1.80. The molecule has 2 N–H and O–H groups in total. The van der Waals surface area contributed by atoms with Crippen molar-refractivity contribution in [1.29, 1.82) is 0 Å². The molecule has 27 heavy (non-hydrogen) atoms. The molecular weight excluding hydrogens is 373 g/mol. The average molecular weight is 385 g/mol. The molecule has 6 nitrogen and oxygen atoms in total. The van der Waals surface area contributed by atoms with Crippen LogP contribution in [0.5, 0.6) is 0 Å². The van der Waals surface area contributed by atoms with Crippen LogP contribution in [0, 0.1) is 18.6 Å². The summed E-state index contributed by atoms with van der Waals surface area (Å²) in [6.45, 7) is 1.54. The van der Waals surface area contributed by atoms with Gasteiger partial charge in [0.25, 0.3) is 5.56 Å². The molecule has 0 aliphatic heterocycles. The summed E-state index contributed by atoms with van der Waals surface area (Å²) in [7, 11) is 0. The predicted octanol–water partition coefficient (Wildman–Crippen LogP) is 3.17. The Bertz CT molecular complexity index is 1020. The first-order chi connectivity index (χ1) is 12.6. The zero-order chi connectivity index (χ0) is 19.8. The number of rotatable bonds is 4. The van der Waals surface area contributed by atoms with Gasteiger partial charge in [-0.1, -0.05) is 0 Å². The van der Waals surface area contributed by atoms with Crippen LogP contribution in [-0.4, -0.2) is 19.7 Å². The largest absolute Gasteiger partial charge is 0.433 e. The fourth-order valence-electron chi connectivity index (χ4n) is 2.38. The molecule has 0 radical (unpaired) electrons. The van der Waals surface area contributed by atoms with E-state index in [1.807, 2.05) is 0 Å². The molecule has 0 spiro atoms. The van der Waals surface area contributed by atoms with E-state index in [9.17, 15) is 26.7 Å². The Balaban J connectivity index is 1.95. The lowest BCUT2D eigenvalue weighted by Crippen LogP contribution is -2.20. The van der Waals surface area contributed by atoms with E-state index >= 15 is 0 Å². The van der Waals surface area contributed by atoms with Crippen molar-refractivity contribution in [2.45, 2.75) is 19.6 Å². The van der Waals surface area contributed by atoms with Gasteiger partial charge in [-0.15, -0.1) is 0 Å². The molecule has 0 amide bonds. The highest BCUT2D eigenvalue weighted by Gasteiger charge is 2.33. The number of hydrogen-bond acceptors (Lipinski definition) is 4. The lowest BCUT2D eigenvalue weighted by molar-refractivity contribution is -0.141. The van der Waals surface area contributed by atoms with Crippen molar-refractivity contribution in [2.24, 2.45) is 0 Å². The van der Waals surface area contributed by atoms with Crippen LogP contribution >= 0.6 is 0 Å². The average Bonchev–Trinajstić information content (AvgIpc) is 2.91. The molecule has 142 valence electrons. The van der Waals surface area contributed by atoms with Crippen LogP contribution in [0.4, 0.5) is 27.8 Å². The number of alkyl halides is 3. The molecule has 0 aliphatic carbocycles. The highest BCUT2D eigenvalue weighted by Crippen LogP contribution is 2.27. The third kappa shape index (κ3) is 4.30. The molecular formula is C16H12F5N5O. The zero-order valence-corrected chi connectivity index (χ0v) is 13.7. The van der Waals surface area contributed by atoms with E-state index in [2.05, 4.69) is 20.4 Å². The van der Waals surface area contributed by atoms with Gasteiger partial charge in [0.15, 0.2) is 5.69 Å². The summed E-state index contributed by atoms with van der Waals surface area (Å²) >= 11 is 0. The summed E-state index contributed by atoms with van der Waals surface area (Å²) in [6, 6.07) is 4.75. The SMILES string of the molecule is Cc1cc(NCc2cc(F)cc(F)c2)n(-c2nc(C(F)(F)F)cc(=O)[nH]2)n1. The highest BCUT2D eigenvalue weighted by molar-refractivity contribution is 5.42. The van der Waals surface area contributed by atoms with Crippen molar-refractivity contribution >= 4 is 5.82 Å². The molecule has 0 atom stereocenters. The van der Waals surface area contributed by atoms with Crippen molar-refractivity contribution in [3.8, 4) is 5.95 Å². The number of aromatic nitrogens is 4. The van der Waals surface area contributed by atoms with Crippen LogP contribution in [0.15, 0.2) is 35.1 Å². The first-order valence-electron chi connectivity index (χ1n) is 7.56. The number of nitrogens with zero attached hydrogens (tertiary/aromatic N) is 3. The van der Waals surface area contributed by atoms with E-state index in [0.717, 1.165) is 22.9 Å². The van der Waals surface area contributed by atoms with Gasteiger partial charge < -0.3 is 5.32 Å². The molecule has 0 fully saturated rings. The summed E-state index contributed by atoms with van der Waals surface area (Å²) < 4.78 is 66.1. The summed E-state index contributed by atoms with van der Waals surface area (Å²) in [4.78, 5) is 17.1. The van der Waals surface area contributed by atoms with Crippen molar-refractivity contribution in [1.82, 2.24) is 19.7 Å². The zero-order valence-electron chi connectivity index (χ0n) is 13.7. The quantitative estimate of drug-likeness (QED) is 0.677. The number of H-pyrrole nitrogens is 1. The van der Waals surface area contributed by atoms with Gasteiger partial charge in [-0.05, 0) is 24.6 Å². The second-order valence-corrected chi connectivity index (χ2v) is 5.67. The van der Waals surface area contributed by atoms with Crippen LogP contribution in [-0.2, 0) is 12.7 Å². The second-order valence-electron chi connectivity index (χ2n) is 5.67. The molecule has 0 aliphatic rings. The number of hydrogen-bond donors (Lipinski definition) is 2. The number of aryl methyl sites for hydroxylation is 1. The maximum atomic E-state index is 13.3. The number of aromatic amines is 1. The molecule has 0 bridgehead atoms. The van der Waals surface area contributed by atoms with E-state index in [1.54, 1.807) is 6.92 Å². The van der Waals surface area contributed by atoms with E-state index in [4.69, 9.17) is 0 Å². The van der Waals surface area contributed by atoms with E-state index in [0.29, 0.717) is 11.8 Å². The minimum atomic E-state index is -4.81. The van der Waals surface area contributed by atoms with Gasteiger partial charge >= 0.3 is 6.18 Å². The molecule has 1 aromatic carbocycles. The van der Waals surface area contributed by atoms with Crippen LogP contribution in [0.2, 0.25) is 0 Å². The van der Waals surface area contributed by atoms with Crippen molar-refractivity contribution in [3.63, 3.8) is 0 Å². The fraction of sp³-hybridized carbons (Fsp3) is 0.188. The third-order valence-electron chi connectivity index (χ3n) is 3.45. The van der Waals surface area contributed by atoms with Crippen LogP contribution in [0.25, 0.3) is 5.95 Å².